The van der Waals surface area contributed by atoms with E-state index in [-0.39, 0.29) is 5.75 Å². The van der Waals surface area contributed by atoms with Gasteiger partial charge < -0.3 is 10.1 Å². The molecule has 4 rings (SSSR count). The third kappa shape index (κ3) is 6.42. The highest BCUT2D eigenvalue weighted by atomic mass is 32.1. The van der Waals surface area contributed by atoms with Gasteiger partial charge in [-0.15, -0.1) is 18.3 Å². The molecular formula is C24H20F3N7OS. The number of nitrogens with one attached hydrogen (secondary N) is 2. The molecule has 0 aliphatic rings. The maximum atomic E-state index is 12.3. The van der Waals surface area contributed by atoms with Crippen LogP contribution in [0.2, 0.25) is 0 Å². The van der Waals surface area contributed by atoms with Gasteiger partial charge in [-0.05, 0) is 67.5 Å². The van der Waals surface area contributed by atoms with Gasteiger partial charge in [0.1, 0.15) is 12.1 Å². The Bertz CT molecular complexity index is 1360. The molecule has 36 heavy (non-hydrogen) atoms. The number of benzene rings is 2. The number of nitrogens with zero attached hydrogens (tertiary/aromatic N) is 5. The summed E-state index contributed by atoms with van der Waals surface area (Å²) in [5.41, 5.74) is 7.60. The Labute approximate surface area is 209 Å². The van der Waals surface area contributed by atoms with E-state index in [1.165, 1.54) is 35.3 Å². The van der Waals surface area contributed by atoms with E-state index >= 15 is 0 Å². The molecule has 4 aromatic rings. The third-order valence-electron chi connectivity index (χ3n) is 4.96. The molecule has 2 aromatic heterocycles. The van der Waals surface area contributed by atoms with Gasteiger partial charge in [-0.1, -0.05) is 24.3 Å². The Kier molecular flexibility index (Phi) is 7.25. The number of alkyl halides is 3. The van der Waals surface area contributed by atoms with Gasteiger partial charge in [-0.2, -0.15) is 5.10 Å². The lowest BCUT2D eigenvalue weighted by molar-refractivity contribution is -0.274. The number of ether oxygens (including phenoxy) is 1. The van der Waals surface area contributed by atoms with Crippen molar-refractivity contribution >= 4 is 29.2 Å². The smallest absolute Gasteiger partial charge is 0.406 e. The number of thiocarbonyl (C=S) groups is 1. The number of pyridine rings is 1. The quantitative estimate of drug-likeness (QED) is 0.210. The zero-order valence-electron chi connectivity index (χ0n) is 19.1. The van der Waals surface area contributed by atoms with Crippen LogP contribution in [0, 0.1) is 13.8 Å². The van der Waals surface area contributed by atoms with Crippen LogP contribution in [0.25, 0.3) is 17.1 Å². The highest BCUT2D eigenvalue weighted by Crippen LogP contribution is 2.24. The van der Waals surface area contributed by atoms with Gasteiger partial charge in [0.15, 0.2) is 10.9 Å². The number of rotatable bonds is 6. The Morgan fingerprint density at radius 1 is 1.03 bits per heavy atom. The third-order valence-corrected chi connectivity index (χ3v) is 5.16. The molecule has 0 saturated heterocycles. The standard InChI is InChI=1S/C24H20F3N7OS/c1-15-11-12-28-16(2)21(15)31-23(36)32-30-13-17-3-5-18(6-4-17)22-29-14-34(33-22)19-7-9-20(10-8-19)35-24(25,26)27/h3-14H,1-2H3,(H2,31,32,36)/b30-13+. The minimum atomic E-state index is -4.74. The Morgan fingerprint density at radius 3 is 2.42 bits per heavy atom. The zero-order valence-corrected chi connectivity index (χ0v) is 19.9. The summed E-state index contributed by atoms with van der Waals surface area (Å²) in [5.74, 6) is 0.150. The molecule has 0 saturated carbocycles. The van der Waals surface area contributed by atoms with Crippen LogP contribution in [-0.4, -0.2) is 37.4 Å². The molecule has 0 radical (unpaired) electrons. The second kappa shape index (κ2) is 10.5. The van der Waals surface area contributed by atoms with Crippen LogP contribution < -0.4 is 15.5 Å². The van der Waals surface area contributed by atoms with Crippen LogP contribution in [0.5, 0.6) is 5.75 Å². The first-order valence-electron chi connectivity index (χ1n) is 10.6. The Hall–Kier alpha value is -4.32. The van der Waals surface area contributed by atoms with Gasteiger partial charge in [0.05, 0.1) is 23.3 Å². The topological polar surface area (TPSA) is 89.2 Å². The van der Waals surface area contributed by atoms with Gasteiger partial charge >= 0.3 is 6.36 Å². The van der Waals surface area contributed by atoms with E-state index in [1.54, 1.807) is 12.4 Å². The van der Waals surface area contributed by atoms with Gasteiger partial charge in [0.25, 0.3) is 0 Å². The highest BCUT2D eigenvalue weighted by molar-refractivity contribution is 7.80. The molecule has 2 N–H and O–H groups in total. The first-order valence-corrected chi connectivity index (χ1v) is 11.0. The number of aryl methyl sites for hydroxylation is 2. The first-order chi connectivity index (χ1) is 17.2. The predicted octanol–water partition coefficient (Wildman–Crippen LogP) is 5.17. The Balaban J connectivity index is 1.36. The van der Waals surface area contributed by atoms with Gasteiger partial charge in [0.2, 0.25) is 0 Å². The molecular weight excluding hydrogens is 491 g/mol. The summed E-state index contributed by atoms with van der Waals surface area (Å²) in [6.07, 6.45) is 0.101. The fourth-order valence-electron chi connectivity index (χ4n) is 3.23. The first kappa shape index (κ1) is 24.8. The number of aromatic nitrogens is 4. The van der Waals surface area contributed by atoms with E-state index in [1.807, 2.05) is 44.2 Å². The summed E-state index contributed by atoms with van der Waals surface area (Å²) in [5, 5.41) is 12.0. The molecule has 12 heteroatoms. The van der Waals surface area contributed by atoms with Crippen molar-refractivity contribution < 1.29 is 17.9 Å². The lowest BCUT2D eigenvalue weighted by Gasteiger charge is -2.11. The fraction of sp³-hybridized carbons (Fsp3) is 0.125. The van der Waals surface area contributed by atoms with Crippen molar-refractivity contribution in [2.75, 3.05) is 5.32 Å². The summed E-state index contributed by atoms with van der Waals surface area (Å²) >= 11 is 5.29. The minimum absolute atomic E-state index is 0.308. The maximum absolute atomic E-state index is 12.3. The van der Waals surface area contributed by atoms with Crippen LogP contribution in [-0.2, 0) is 0 Å². The van der Waals surface area contributed by atoms with Crippen LogP contribution >= 0.6 is 12.2 Å². The molecule has 0 aliphatic carbocycles. The van der Waals surface area contributed by atoms with Crippen molar-refractivity contribution in [3.05, 3.63) is 83.9 Å². The molecule has 2 heterocycles. The van der Waals surface area contributed by atoms with E-state index in [9.17, 15) is 13.2 Å². The SMILES string of the molecule is Cc1ccnc(C)c1NC(=S)N/N=C/c1ccc(-c2ncn(-c3ccc(OC(F)(F)F)cc3)n2)cc1. The van der Waals surface area contributed by atoms with Crippen molar-refractivity contribution in [1.82, 2.24) is 25.2 Å². The average molecular weight is 512 g/mol. The lowest BCUT2D eigenvalue weighted by atomic mass is 10.1. The normalized spacial score (nSPS) is 11.5. The summed E-state index contributed by atoms with van der Waals surface area (Å²) in [6, 6.07) is 14.6. The maximum Gasteiger partial charge on any atom is 0.573 e. The number of hydrogen-bond acceptors (Lipinski definition) is 6. The van der Waals surface area contributed by atoms with Crippen LogP contribution in [0.15, 0.2) is 72.2 Å². The summed E-state index contributed by atoms with van der Waals surface area (Å²) in [4.78, 5) is 8.52. The molecule has 184 valence electrons. The van der Waals surface area contributed by atoms with Gasteiger partial charge in [-0.25, -0.2) is 9.67 Å². The number of hydrogen-bond donors (Lipinski definition) is 2. The van der Waals surface area contributed by atoms with Crippen molar-refractivity contribution in [3.63, 3.8) is 0 Å². The van der Waals surface area contributed by atoms with E-state index in [0.717, 1.165) is 28.1 Å². The van der Waals surface area contributed by atoms with Crippen molar-refractivity contribution in [2.24, 2.45) is 5.10 Å². The van der Waals surface area contributed by atoms with Crippen molar-refractivity contribution in [1.29, 1.82) is 0 Å². The second-order valence-corrected chi connectivity index (χ2v) is 8.00. The minimum Gasteiger partial charge on any atom is -0.406 e. The number of halogens is 3. The summed E-state index contributed by atoms with van der Waals surface area (Å²) in [7, 11) is 0. The fourth-order valence-corrected chi connectivity index (χ4v) is 3.38. The van der Waals surface area contributed by atoms with Crippen LogP contribution in [0.1, 0.15) is 16.8 Å². The van der Waals surface area contributed by atoms with Crippen molar-refractivity contribution in [3.8, 4) is 22.8 Å². The molecule has 0 unspecified atom stereocenters. The molecule has 0 spiro atoms. The van der Waals surface area contributed by atoms with Gasteiger partial charge in [0, 0.05) is 11.8 Å². The number of anilines is 1. The zero-order chi connectivity index (χ0) is 25.7. The number of hydrazone groups is 1. The second-order valence-electron chi connectivity index (χ2n) is 7.59. The average Bonchev–Trinajstić information content (AvgIpc) is 3.32. The predicted molar refractivity (Wildman–Crippen MR) is 134 cm³/mol. The van der Waals surface area contributed by atoms with Crippen LogP contribution in [0.3, 0.4) is 0 Å². The summed E-state index contributed by atoms with van der Waals surface area (Å²) in [6.45, 7) is 3.86. The van der Waals surface area contributed by atoms with Crippen LogP contribution in [0.4, 0.5) is 18.9 Å². The summed E-state index contributed by atoms with van der Waals surface area (Å²) < 4.78 is 42.3. The van der Waals surface area contributed by atoms with E-state index in [4.69, 9.17) is 12.2 Å². The van der Waals surface area contributed by atoms with E-state index in [0.29, 0.717) is 16.6 Å². The van der Waals surface area contributed by atoms with Gasteiger partial charge in [-0.3, -0.25) is 10.4 Å². The Morgan fingerprint density at radius 2 is 1.75 bits per heavy atom. The largest absolute Gasteiger partial charge is 0.573 e. The highest BCUT2D eigenvalue weighted by Gasteiger charge is 2.31. The lowest BCUT2D eigenvalue weighted by Crippen LogP contribution is -2.24. The molecule has 2 aromatic carbocycles. The molecule has 0 atom stereocenters. The monoisotopic (exact) mass is 511 g/mol. The molecule has 0 bridgehead atoms. The molecule has 8 nitrogen and oxygen atoms in total. The molecule has 0 aliphatic heterocycles. The van der Waals surface area contributed by atoms with E-state index in [2.05, 4.69) is 35.6 Å². The van der Waals surface area contributed by atoms with E-state index < -0.39 is 6.36 Å². The molecule has 0 fully saturated rings. The molecule has 0 amide bonds. The van der Waals surface area contributed by atoms with Crippen molar-refractivity contribution in [2.45, 2.75) is 20.2 Å².